The molecule has 1 heterocycles. The summed E-state index contributed by atoms with van der Waals surface area (Å²) in [5, 5.41) is 7.25. The van der Waals surface area contributed by atoms with E-state index in [0.717, 1.165) is 28.3 Å². The molecule has 0 atom stereocenters. The smallest absolute Gasteiger partial charge is 0.276 e. The molecule has 0 fully saturated rings. The van der Waals surface area contributed by atoms with Crippen molar-refractivity contribution < 1.29 is 9.53 Å². The van der Waals surface area contributed by atoms with Crippen molar-refractivity contribution in [1.82, 2.24) is 9.78 Å². The van der Waals surface area contributed by atoms with E-state index < -0.39 is 0 Å². The maximum Gasteiger partial charge on any atom is 0.276 e. The maximum absolute atomic E-state index is 12.5. The van der Waals surface area contributed by atoms with E-state index in [4.69, 9.17) is 4.74 Å². The number of nitrogens with one attached hydrogen (secondary N) is 1. The van der Waals surface area contributed by atoms with Crippen LogP contribution in [0.2, 0.25) is 0 Å². The van der Waals surface area contributed by atoms with Crippen LogP contribution in [0.15, 0.2) is 91.1 Å². The standard InChI is InChI=1S/C23H19N3O2/c1-28-21-13-11-20(12-14-21)26-16-15-22(25-26)23(27)24-19-9-7-18(8-10-19)17-5-3-2-4-6-17/h2-16H,1H3,(H,24,27). The van der Waals surface area contributed by atoms with Gasteiger partial charge in [-0.05, 0) is 53.6 Å². The topological polar surface area (TPSA) is 56.1 Å². The summed E-state index contributed by atoms with van der Waals surface area (Å²) in [5.41, 5.74) is 4.17. The van der Waals surface area contributed by atoms with Crippen molar-refractivity contribution in [2.45, 2.75) is 0 Å². The van der Waals surface area contributed by atoms with Crippen LogP contribution in [0.4, 0.5) is 5.69 Å². The van der Waals surface area contributed by atoms with E-state index in [1.54, 1.807) is 24.1 Å². The van der Waals surface area contributed by atoms with Gasteiger partial charge in [0.2, 0.25) is 0 Å². The summed E-state index contributed by atoms with van der Waals surface area (Å²) in [6, 6.07) is 27.0. The lowest BCUT2D eigenvalue weighted by atomic mass is 10.1. The van der Waals surface area contributed by atoms with Crippen molar-refractivity contribution >= 4 is 11.6 Å². The Kier molecular flexibility index (Phi) is 4.89. The van der Waals surface area contributed by atoms with Crippen LogP contribution in [0.25, 0.3) is 16.8 Å². The van der Waals surface area contributed by atoms with E-state index in [-0.39, 0.29) is 5.91 Å². The number of rotatable bonds is 5. The van der Waals surface area contributed by atoms with Gasteiger partial charge in [0.15, 0.2) is 5.69 Å². The van der Waals surface area contributed by atoms with Crippen LogP contribution in [0.5, 0.6) is 5.75 Å². The van der Waals surface area contributed by atoms with Gasteiger partial charge in [-0.2, -0.15) is 5.10 Å². The van der Waals surface area contributed by atoms with Crippen molar-refractivity contribution in [1.29, 1.82) is 0 Å². The summed E-state index contributed by atoms with van der Waals surface area (Å²) in [6.45, 7) is 0. The summed E-state index contributed by atoms with van der Waals surface area (Å²) in [6.07, 6.45) is 1.76. The highest BCUT2D eigenvalue weighted by atomic mass is 16.5. The van der Waals surface area contributed by atoms with E-state index >= 15 is 0 Å². The monoisotopic (exact) mass is 369 g/mol. The normalized spacial score (nSPS) is 10.5. The van der Waals surface area contributed by atoms with E-state index in [1.165, 1.54) is 0 Å². The van der Waals surface area contributed by atoms with E-state index in [0.29, 0.717) is 5.69 Å². The van der Waals surface area contributed by atoms with Crippen molar-refractivity contribution in [2.24, 2.45) is 0 Å². The molecule has 1 aromatic heterocycles. The molecule has 5 heteroatoms. The number of hydrogen-bond donors (Lipinski definition) is 1. The molecule has 5 nitrogen and oxygen atoms in total. The third-order valence-corrected chi connectivity index (χ3v) is 4.41. The van der Waals surface area contributed by atoms with Crippen LogP contribution in [0.3, 0.4) is 0 Å². The largest absolute Gasteiger partial charge is 0.497 e. The number of nitrogens with zero attached hydrogens (tertiary/aromatic N) is 2. The van der Waals surface area contributed by atoms with Crippen LogP contribution in [-0.2, 0) is 0 Å². The molecule has 0 bridgehead atoms. The Balaban J connectivity index is 1.46. The highest BCUT2D eigenvalue weighted by molar-refractivity contribution is 6.02. The summed E-state index contributed by atoms with van der Waals surface area (Å²) in [7, 11) is 1.62. The number of benzene rings is 3. The van der Waals surface area contributed by atoms with E-state index in [9.17, 15) is 4.79 Å². The minimum atomic E-state index is -0.250. The lowest BCUT2D eigenvalue weighted by molar-refractivity contribution is 0.102. The van der Waals surface area contributed by atoms with Crippen molar-refractivity contribution in [3.63, 3.8) is 0 Å². The molecule has 138 valence electrons. The quantitative estimate of drug-likeness (QED) is 0.550. The number of carbonyl (C=O) groups excluding carboxylic acids is 1. The lowest BCUT2D eigenvalue weighted by Gasteiger charge is -2.06. The fraction of sp³-hybridized carbons (Fsp3) is 0.0435. The van der Waals surface area contributed by atoms with Gasteiger partial charge in [0.1, 0.15) is 5.75 Å². The Hall–Kier alpha value is -3.86. The molecule has 0 aliphatic rings. The van der Waals surface area contributed by atoms with Gasteiger partial charge in [-0.15, -0.1) is 0 Å². The van der Waals surface area contributed by atoms with Crippen molar-refractivity contribution in [2.75, 3.05) is 12.4 Å². The van der Waals surface area contributed by atoms with Gasteiger partial charge < -0.3 is 10.1 Å². The first kappa shape index (κ1) is 17.5. The molecule has 0 saturated carbocycles. The summed E-state index contributed by atoms with van der Waals surface area (Å²) < 4.78 is 6.82. The van der Waals surface area contributed by atoms with Crippen LogP contribution in [0.1, 0.15) is 10.5 Å². The van der Waals surface area contributed by atoms with Gasteiger partial charge in [-0.3, -0.25) is 4.79 Å². The van der Waals surface area contributed by atoms with Crippen LogP contribution in [0, 0.1) is 0 Å². The van der Waals surface area contributed by atoms with Gasteiger partial charge in [0.25, 0.3) is 5.91 Å². The number of carbonyl (C=O) groups is 1. The summed E-state index contributed by atoms with van der Waals surface area (Å²) >= 11 is 0. The van der Waals surface area contributed by atoms with Gasteiger partial charge in [0.05, 0.1) is 12.8 Å². The number of amides is 1. The number of hydrogen-bond acceptors (Lipinski definition) is 3. The van der Waals surface area contributed by atoms with Gasteiger partial charge >= 0.3 is 0 Å². The number of aromatic nitrogens is 2. The minimum Gasteiger partial charge on any atom is -0.497 e. The summed E-state index contributed by atoms with van der Waals surface area (Å²) in [4.78, 5) is 12.5. The van der Waals surface area contributed by atoms with E-state index in [1.807, 2.05) is 66.7 Å². The fourth-order valence-electron chi connectivity index (χ4n) is 2.90. The maximum atomic E-state index is 12.5. The second kappa shape index (κ2) is 7.80. The Morgan fingerprint density at radius 3 is 2.21 bits per heavy atom. The molecule has 0 unspecified atom stereocenters. The molecule has 0 radical (unpaired) electrons. The Morgan fingerprint density at radius 1 is 0.857 bits per heavy atom. The Morgan fingerprint density at radius 2 is 1.54 bits per heavy atom. The molecule has 4 rings (SSSR count). The first-order valence-electron chi connectivity index (χ1n) is 8.90. The first-order valence-corrected chi connectivity index (χ1v) is 8.90. The van der Waals surface area contributed by atoms with Crippen LogP contribution >= 0.6 is 0 Å². The molecule has 0 saturated heterocycles. The molecule has 0 aliphatic heterocycles. The molecule has 4 aromatic rings. The van der Waals surface area contributed by atoms with Gasteiger partial charge in [-0.1, -0.05) is 42.5 Å². The van der Waals surface area contributed by atoms with E-state index in [2.05, 4.69) is 22.5 Å². The molecule has 0 aliphatic carbocycles. The second-order valence-corrected chi connectivity index (χ2v) is 6.24. The second-order valence-electron chi connectivity index (χ2n) is 6.24. The first-order chi connectivity index (χ1) is 13.7. The van der Waals surface area contributed by atoms with Crippen LogP contribution in [-0.4, -0.2) is 22.8 Å². The molecule has 0 spiro atoms. The highest BCUT2D eigenvalue weighted by Crippen LogP contribution is 2.21. The highest BCUT2D eigenvalue weighted by Gasteiger charge is 2.11. The number of methoxy groups -OCH3 is 1. The van der Waals surface area contributed by atoms with Gasteiger partial charge in [0, 0.05) is 11.9 Å². The third kappa shape index (κ3) is 3.78. The lowest BCUT2D eigenvalue weighted by Crippen LogP contribution is -2.13. The molecule has 3 aromatic carbocycles. The van der Waals surface area contributed by atoms with Gasteiger partial charge in [-0.25, -0.2) is 4.68 Å². The third-order valence-electron chi connectivity index (χ3n) is 4.41. The molecule has 1 N–H and O–H groups in total. The average Bonchev–Trinajstić information content (AvgIpc) is 3.25. The van der Waals surface area contributed by atoms with Crippen LogP contribution < -0.4 is 10.1 Å². The zero-order chi connectivity index (χ0) is 19.3. The molecular formula is C23H19N3O2. The van der Waals surface area contributed by atoms with Crippen molar-refractivity contribution in [3.05, 3.63) is 96.8 Å². The molecule has 1 amide bonds. The Labute approximate surface area is 163 Å². The molecule has 28 heavy (non-hydrogen) atoms. The average molecular weight is 369 g/mol. The number of ether oxygens (including phenoxy) is 1. The minimum absolute atomic E-state index is 0.250. The SMILES string of the molecule is COc1ccc(-n2ccc(C(=O)Nc3ccc(-c4ccccc4)cc3)n2)cc1. The summed E-state index contributed by atoms with van der Waals surface area (Å²) in [5.74, 6) is 0.521. The fourth-order valence-corrected chi connectivity index (χ4v) is 2.90. The number of anilines is 1. The molecular weight excluding hydrogens is 350 g/mol. The van der Waals surface area contributed by atoms with Crippen molar-refractivity contribution in [3.8, 4) is 22.6 Å². The predicted molar refractivity (Wildman–Crippen MR) is 110 cm³/mol. The zero-order valence-electron chi connectivity index (χ0n) is 15.4. The predicted octanol–water partition coefficient (Wildman–Crippen LogP) is 4.80. The zero-order valence-corrected chi connectivity index (χ0v) is 15.4. The Bertz CT molecular complexity index is 1070.